The predicted molar refractivity (Wildman–Crippen MR) is 103 cm³/mol. The van der Waals surface area contributed by atoms with Gasteiger partial charge in [0.2, 0.25) is 5.95 Å². The molecule has 144 valence electrons. The zero-order valence-corrected chi connectivity index (χ0v) is 16.1. The maximum absolute atomic E-state index is 10.1. The van der Waals surface area contributed by atoms with Gasteiger partial charge in [-0.1, -0.05) is 13.8 Å². The molecular weight excluding hydrogens is 342 g/mol. The lowest BCUT2D eigenvalue weighted by Gasteiger charge is -2.40. The minimum Gasteiger partial charge on any atom is -0.466 e. The first-order valence-corrected chi connectivity index (χ1v) is 9.38. The average Bonchev–Trinajstić information content (AvgIpc) is 3.03. The lowest BCUT2D eigenvalue weighted by Crippen LogP contribution is -2.41. The summed E-state index contributed by atoms with van der Waals surface area (Å²) in [6.45, 7) is 6.70. The van der Waals surface area contributed by atoms with Crippen LogP contribution < -0.4 is 10.6 Å². The normalized spacial score (nSPS) is 21.4. The Labute approximate surface area is 159 Å². The predicted octanol–water partition coefficient (Wildman–Crippen LogP) is 3.26. The molecule has 0 aromatic carbocycles. The third kappa shape index (κ3) is 4.77. The van der Waals surface area contributed by atoms with Crippen molar-refractivity contribution in [1.29, 1.82) is 5.26 Å². The summed E-state index contributed by atoms with van der Waals surface area (Å²) in [6.07, 6.45) is 4.39. The number of hydrogen-bond donors (Lipinski definition) is 3. The number of nitriles is 1. The molecule has 0 unspecified atom stereocenters. The summed E-state index contributed by atoms with van der Waals surface area (Å²) < 4.78 is 5.55. The molecule has 1 aliphatic rings. The van der Waals surface area contributed by atoms with Crippen molar-refractivity contribution in [2.75, 3.05) is 17.2 Å². The Morgan fingerprint density at radius 1 is 1.37 bits per heavy atom. The number of anilines is 2. The minimum atomic E-state index is -0.293. The van der Waals surface area contributed by atoms with Crippen LogP contribution in [0.5, 0.6) is 0 Å². The lowest BCUT2D eigenvalue weighted by molar-refractivity contribution is 0.00926. The van der Waals surface area contributed by atoms with E-state index in [9.17, 15) is 10.4 Å². The van der Waals surface area contributed by atoms with Gasteiger partial charge in [-0.05, 0) is 43.7 Å². The van der Waals surface area contributed by atoms with Crippen LogP contribution in [0.4, 0.5) is 11.8 Å². The van der Waals surface area contributed by atoms with Gasteiger partial charge >= 0.3 is 0 Å². The van der Waals surface area contributed by atoms with Crippen molar-refractivity contribution in [3.8, 4) is 6.07 Å². The SMILES string of the molecule is Cc1ccc(CCNc2ncc(C#N)c(N[C@@H]3CC[C@H](O)C(C)(C)C3)n2)o1. The summed E-state index contributed by atoms with van der Waals surface area (Å²) in [5, 5.41) is 26.1. The van der Waals surface area contributed by atoms with Gasteiger partial charge in [0.1, 0.15) is 29.0 Å². The molecule has 0 radical (unpaired) electrons. The summed E-state index contributed by atoms with van der Waals surface area (Å²) >= 11 is 0. The van der Waals surface area contributed by atoms with Crippen molar-refractivity contribution < 1.29 is 9.52 Å². The molecule has 1 aliphatic carbocycles. The van der Waals surface area contributed by atoms with Crippen molar-refractivity contribution in [3.05, 3.63) is 35.4 Å². The van der Waals surface area contributed by atoms with E-state index in [0.717, 1.165) is 37.2 Å². The van der Waals surface area contributed by atoms with Gasteiger partial charge in [0.05, 0.1) is 12.3 Å². The first-order valence-electron chi connectivity index (χ1n) is 9.38. The van der Waals surface area contributed by atoms with E-state index >= 15 is 0 Å². The van der Waals surface area contributed by atoms with Crippen molar-refractivity contribution in [2.45, 2.75) is 58.6 Å². The van der Waals surface area contributed by atoms with Crippen LogP contribution in [0.25, 0.3) is 0 Å². The number of aliphatic hydroxyl groups is 1. The molecule has 27 heavy (non-hydrogen) atoms. The Balaban J connectivity index is 1.64. The number of nitrogens with one attached hydrogen (secondary N) is 2. The van der Waals surface area contributed by atoms with Gasteiger partial charge in [0.15, 0.2) is 0 Å². The zero-order valence-electron chi connectivity index (χ0n) is 16.1. The van der Waals surface area contributed by atoms with Crippen molar-refractivity contribution in [2.24, 2.45) is 5.41 Å². The Kier molecular flexibility index (Phi) is 5.66. The molecule has 0 bridgehead atoms. The largest absolute Gasteiger partial charge is 0.466 e. The van der Waals surface area contributed by atoms with Crippen LogP contribution in [0, 0.1) is 23.7 Å². The zero-order chi connectivity index (χ0) is 19.4. The maximum atomic E-state index is 10.1. The van der Waals surface area contributed by atoms with Gasteiger partial charge < -0.3 is 20.2 Å². The van der Waals surface area contributed by atoms with E-state index in [1.165, 1.54) is 6.20 Å². The molecule has 0 amide bonds. The fourth-order valence-corrected chi connectivity index (χ4v) is 3.52. The second-order valence-corrected chi connectivity index (χ2v) is 7.88. The van der Waals surface area contributed by atoms with Gasteiger partial charge in [-0.25, -0.2) is 4.98 Å². The van der Waals surface area contributed by atoms with Crippen LogP contribution in [0.2, 0.25) is 0 Å². The second-order valence-electron chi connectivity index (χ2n) is 7.88. The topological polar surface area (TPSA) is 107 Å². The summed E-state index contributed by atoms with van der Waals surface area (Å²) in [7, 11) is 0. The smallest absolute Gasteiger partial charge is 0.224 e. The Hall–Kier alpha value is -2.59. The van der Waals surface area contributed by atoms with E-state index in [1.807, 2.05) is 19.1 Å². The van der Waals surface area contributed by atoms with Crippen molar-refractivity contribution >= 4 is 11.8 Å². The molecule has 7 nitrogen and oxygen atoms in total. The van der Waals surface area contributed by atoms with E-state index in [2.05, 4.69) is 40.5 Å². The summed E-state index contributed by atoms with van der Waals surface area (Å²) in [5.74, 6) is 2.83. The molecular formula is C20H27N5O2. The molecule has 1 fully saturated rings. The number of hydrogen-bond acceptors (Lipinski definition) is 7. The van der Waals surface area contributed by atoms with Gasteiger partial charge in [0.25, 0.3) is 0 Å². The van der Waals surface area contributed by atoms with Gasteiger partial charge in [-0.2, -0.15) is 10.2 Å². The summed E-state index contributed by atoms with van der Waals surface area (Å²) in [6, 6.07) is 6.22. The van der Waals surface area contributed by atoms with E-state index in [-0.39, 0.29) is 17.6 Å². The van der Waals surface area contributed by atoms with Gasteiger partial charge in [-0.3, -0.25) is 0 Å². The molecule has 2 aromatic rings. The van der Waals surface area contributed by atoms with Crippen molar-refractivity contribution in [3.63, 3.8) is 0 Å². The van der Waals surface area contributed by atoms with E-state index in [4.69, 9.17) is 4.42 Å². The van der Waals surface area contributed by atoms with Gasteiger partial charge in [-0.15, -0.1) is 0 Å². The summed E-state index contributed by atoms with van der Waals surface area (Å²) in [4.78, 5) is 8.72. The monoisotopic (exact) mass is 369 g/mol. The number of rotatable bonds is 6. The van der Waals surface area contributed by atoms with Crippen LogP contribution in [-0.4, -0.2) is 33.8 Å². The molecule has 0 spiro atoms. The minimum absolute atomic E-state index is 0.155. The number of furan rings is 1. The first-order chi connectivity index (χ1) is 12.9. The van der Waals surface area contributed by atoms with Crippen LogP contribution in [-0.2, 0) is 6.42 Å². The van der Waals surface area contributed by atoms with Crippen LogP contribution in [0.3, 0.4) is 0 Å². The molecule has 2 atom stereocenters. The Morgan fingerprint density at radius 2 is 2.19 bits per heavy atom. The molecule has 2 aromatic heterocycles. The first kappa shape index (κ1) is 19.2. The highest BCUT2D eigenvalue weighted by Gasteiger charge is 2.35. The number of aryl methyl sites for hydroxylation is 1. The fourth-order valence-electron chi connectivity index (χ4n) is 3.52. The molecule has 3 rings (SSSR count). The maximum Gasteiger partial charge on any atom is 0.224 e. The van der Waals surface area contributed by atoms with Crippen LogP contribution in [0.1, 0.15) is 50.2 Å². The molecule has 3 N–H and O–H groups in total. The Morgan fingerprint density at radius 3 is 2.85 bits per heavy atom. The third-order valence-corrected chi connectivity index (χ3v) is 5.16. The van der Waals surface area contributed by atoms with Crippen LogP contribution in [0.15, 0.2) is 22.7 Å². The number of aromatic nitrogens is 2. The molecule has 2 heterocycles. The highest BCUT2D eigenvalue weighted by molar-refractivity contribution is 5.54. The third-order valence-electron chi connectivity index (χ3n) is 5.16. The molecule has 0 saturated heterocycles. The Bertz CT molecular complexity index is 824. The van der Waals surface area contributed by atoms with Crippen LogP contribution >= 0.6 is 0 Å². The van der Waals surface area contributed by atoms with E-state index in [0.29, 0.717) is 23.9 Å². The second kappa shape index (κ2) is 7.97. The average molecular weight is 369 g/mol. The number of aliphatic hydroxyl groups excluding tert-OH is 1. The number of nitrogens with zero attached hydrogens (tertiary/aromatic N) is 3. The van der Waals surface area contributed by atoms with E-state index in [1.54, 1.807) is 0 Å². The van der Waals surface area contributed by atoms with E-state index < -0.39 is 0 Å². The highest BCUT2D eigenvalue weighted by Crippen LogP contribution is 2.36. The van der Waals surface area contributed by atoms with Gasteiger partial charge in [0, 0.05) is 19.0 Å². The quantitative estimate of drug-likeness (QED) is 0.717. The van der Waals surface area contributed by atoms with Crippen molar-refractivity contribution in [1.82, 2.24) is 9.97 Å². The fraction of sp³-hybridized carbons (Fsp3) is 0.550. The lowest BCUT2D eigenvalue weighted by atomic mass is 9.73. The molecule has 7 heteroatoms. The molecule has 1 saturated carbocycles. The standard InChI is InChI=1S/C20H27N5O2/c1-13-4-6-16(27-13)8-9-22-19-23-12-14(11-21)18(25-19)24-15-5-7-17(26)20(2,3)10-15/h4,6,12,15,17,26H,5,7-10H2,1-3H3,(H2,22,23,24,25)/t15-,17+/m1/s1. The summed E-state index contributed by atoms with van der Waals surface area (Å²) in [5.41, 5.74) is 0.268. The highest BCUT2D eigenvalue weighted by atomic mass is 16.3. The molecule has 0 aliphatic heterocycles.